The maximum atomic E-state index is 13.1. The molecule has 0 aromatic heterocycles. The Morgan fingerprint density at radius 3 is 2.53 bits per heavy atom. The molecular weight excluding hydrogens is 376 g/mol. The number of ether oxygens (including phenoxy) is 1. The fourth-order valence-electron chi connectivity index (χ4n) is 4.12. The molecule has 3 rings (SSSR count). The first-order valence-corrected chi connectivity index (χ1v) is 10.6. The largest absolute Gasteiger partial charge is 0.495 e. The van der Waals surface area contributed by atoms with Gasteiger partial charge in [0.2, 0.25) is 0 Å². The van der Waals surface area contributed by atoms with E-state index in [1.807, 2.05) is 24.3 Å². The number of nitrogens with one attached hydrogen (secondary N) is 2. The van der Waals surface area contributed by atoms with E-state index in [4.69, 9.17) is 10.00 Å². The van der Waals surface area contributed by atoms with Crippen molar-refractivity contribution in [2.24, 2.45) is 0 Å². The number of hydrogen-bond donors (Lipinski definition) is 2. The zero-order chi connectivity index (χ0) is 21.3. The van der Waals surface area contributed by atoms with Crippen LogP contribution < -0.4 is 19.4 Å². The molecular formula is C24H32N4O2+2. The van der Waals surface area contributed by atoms with Crippen molar-refractivity contribution in [2.45, 2.75) is 19.9 Å². The minimum absolute atomic E-state index is 0.0480. The molecule has 0 bridgehead atoms. The molecule has 0 unspecified atom stereocenters. The SMILES string of the molecule is COc1ccccc1N(CCC#N)C(=O)C[NH+]1CC[NH+](Cc2cccc(C)c2)CC1. The van der Waals surface area contributed by atoms with Gasteiger partial charge in [-0.3, -0.25) is 4.79 Å². The summed E-state index contributed by atoms with van der Waals surface area (Å²) in [6, 6.07) is 18.4. The van der Waals surface area contributed by atoms with E-state index >= 15 is 0 Å². The van der Waals surface area contributed by atoms with Crippen LogP contribution in [0.1, 0.15) is 17.5 Å². The van der Waals surface area contributed by atoms with Crippen LogP contribution >= 0.6 is 0 Å². The molecule has 158 valence electrons. The first kappa shape index (κ1) is 21.8. The third-order valence-corrected chi connectivity index (χ3v) is 5.73. The second-order valence-corrected chi connectivity index (χ2v) is 7.97. The molecule has 0 atom stereocenters. The van der Waals surface area contributed by atoms with Gasteiger partial charge in [0.05, 0.1) is 25.3 Å². The lowest BCUT2D eigenvalue weighted by atomic mass is 10.1. The maximum Gasteiger partial charge on any atom is 0.282 e. The van der Waals surface area contributed by atoms with Crippen LogP contribution in [0.4, 0.5) is 5.69 Å². The van der Waals surface area contributed by atoms with Gasteiger partial charge < -0.3 is 19.4 Å². The Balaban J connectivity index is 1.58. The maximum absolute atomic E-state index is 13.1. The van der Waals surface area contributed by atoms with Gasteiger partial charge in [0.1, 0.15) is 38.5 Å². The zero-order valence-corrected chi connectivity index (χ0v) is 18.0. The van der Waals surface area contributed by atoms with Gasteiger partial charge >= 0.3 is 0 Å². The van der Waals surface area contributed by atoms with Crippen LogP contribution in [0.2, 0.25) is 0 Å². The average molecular weight is 409 g/mol. The standard InChI is InChI=1S/C24H30N4O2/c1-20-7-5-8-21(17-20)18-26-13-15-27(16-14-26)19-24(29)28(12-6-11-25)22-9-3-4-10-23(22)30-2/h3-5,7-10,17H,6,12-16,18-19H2,1-2H3/p+2. The number of anilines is 1. The fraction of sp³-hybridized carbons (Fsp3) is 0.417. The van der Waals surface area contributed by atoms with Crippen LogP contribution in [0, 0.1) is 18.3 Å². The normalized spacial score (nSPS) is 18.4. The first-order valence-electron chi connectivity index (χ1n) is 10.6. The van der Waals surface area contributed by atoms with E-state index in [-0.39, 0.29) is 5.91 Å². The van der Waals surface area contributed by atoms with E-state index in [9.17, 15) is 4.79 Å². The summed E-state index contributed by atoms with van der Waals surface area (Å²) in [6.07, 6.45) is 0.299. The molecule has 1 heterocycles. The van der Waals surface area contributed by atoms with E-state index in [1.165, 1.54) is 16.0 Å². The Morgan fingerprint density at radius 2 is 1.83 bits per heavy atom. The van der Waals surface area contributed by atoms with E-state index < -0.39 is 0 Å². The first-order chi connectivity index (χ1) is 14.6. The Bertz CT molecular complexity index is 885. The monoisotopic (exact) mass is 408 g/mol. The highest BCUT2D eigenvalue weighted by Gasteiger charge is 2.28. The Kier molecular flexibility index (Phi) is 7.83. The highest BCUT2D eigenvalue weighted by Crippen LogP contribution is 2.27. The summed E-state index contributed by atoms with van der Waals surface area (Å²) >= 11 is 0. The van der Waals surface area contributed by atoms with Gasteiger partial charge in [-0.1, -0.05) is 42.0 Å². The van der Waals surface area contributed by atoms with Gasteiger partial charge in [0.15, 0.2) is 6.54 Å². The van der Waals surface area contributed by atoms with Gasteiger partial charge in [-0.2, -0.15) is 5.26 Å². The number of quaternary nitrogens is 2. The number of para-hydroxylation sites is 2. The summed E-state index contributed by atoms with van der Waals surface area (Å²) in [5, 5.41) is 9.03. The molecule has 0 aliphatic carbocycles. The number of benzene rings is 2. The van der Waals surface area contributed by atoms with Crippen molar-refractivity contribution in [3.63, 3.8) is 0 Å². The van der Waals surface area contributed by atoms with Gasteiger partial charge in [-0.15, -0.1) is 0 Å². The number of aryl methyl sites for hydroxylation is 1. The number of amides is 1. The van der Waals surface area contributed by atoms with Crippen molar-refractivity contribution >= 4 is 11.6 Å². The molecule has 0 saturated carbocycles. The highest BCUT2D eigenvalue weighted by molar-refractivity contribution is 5.95. The van der Waals surface area contributed by atoms with E-state index in [1.54, 1.807) is 16.9 Å². The third kappa shape index (κ3) is 5.82. The second kappa shape index (κ2) is 10.8. The topological polar surface area (TPSA) is 62.2 Å². The number of methoxy groups -OCH3 is 1. The van der Waals surface area contributed by atoms with Crippen molar-refractivity contribution in [3.8, 4) is 11.8 Å². The quantitative estimate of drug-likeness (QED) is 0.658. The van der Waals surface area contributed by atoms with Crippen LogP contribution in [-0.4, -0.2) is 52.3 Å². The van der Waals surface area contributed by atoms with Crippen LogP contribution in [-0.2, 0) is 11.3 Å². The molecule has 6 nitrogen and oxygen atoms in total. The lowest BCUT2D eigenvalue weighted by Gasteiger charge is -2.31. The van der Waals surface area contributed by atoms with Gasteiger partial charge in [-0.25, -0.2) is 0 Å². The molecule has 6 heteroatoms. The van der Waals surface area contributed by atoms with Crippen LogP contribution in [0.5, 0.6) is 5.75 Å². The molecule has 1 saturated heterocycles. The lowest BCUT2D eigenvalue weighted by Crippen LogP contribution is -3.28. The average Bonchev–Trinajstić information content (AvgIpc) is 2.76. The number of nitriles is 1. The zero-order valence-electron chi connectivity index (χ0n) is 18.0. The summed E-state index contributed by atoms with van der Waals surface area (Å²) in [6.45, 7) is 8.07. The molecule has 2 aromatic rings. The molecule has 1 aliphatic heterocycles. The Hall–Kier alpha value is -2.88. The second-order valence-electron chi connectivity index (χ2n) is 7.97. The number of carbonyl (C=O) groups is 1. The molecule has 0 radical (unpaired) electrons. The van der Waals surface area contributed by atoms with Gasteiger partial charge in [0, 0.05) is 12.1 Å². The van der Waals surface area contributed by atoms with Crippen LogP contribution in [0.25, 0.3) is 0 Å². The van der Waals surface area contributed by atoms with Gasteiger partial charge in [-0.05, 0) is 19.1 Å². The highest BCUT2D eigenvalue weighted by atomic mass is 16.5. The minimum Gasteiger partial charge on any atom is -0.495 e. The molecule has 1 aliphatic rings. The molecule has 1 fully saturated rings. The van der Waals surface area contributed by atoms with E-state index in [2.05, 4.69) is 37.3 Å². The number of rotatable bonds is 8. The fourth-order valence-corrected chi connectivity index (χ4v) is 4.12. The minimum atomic E-state index is 0.0480. The van der Waals surface area contributed by atoms with Crippen molar-refractivity contribution < 1.29 is 19.3 Å². The van der Waals surface area contributed by atoms with Crippen LogP contribution in [0.3, 0.4) is 0 Å². The summed E-state index contributed by atoms with van der Waals surface area (Å²) in [4.78, 5) is 17.7. The van der Waals surface area contributed by atoms with Crippen molar-refractivity contribution in [2.75, 3.05) is 51.3 Å². The molecule has 2 aromatic carbocycles. The lowest BCUT2D eigenvalue weighted by molar-refractivity contribution is -1.02. The summed E-state index contributed by atoms with van der Waals surface area (Å²) in [5.74, 6) is 0.707. The van der Waals surface area contributed by atoms with Gasteiger partial charge in [0.25, 0.3) is 5.91 Å². The van der Waals surface area contributed by atoms with Crippen LogP contribution in [0.15, 0.2) is 48.5 Å². The Morgan fingerprint density at radius 1 is 1.10 bits per heavy atom. The summed E-state index contributed by atoms with van der Waals surface area (Å²) in [5.41, 5.74) is 3.42. The smallest absolute Gasteiger partial charge is 0.282 e. The third-order valence-electron chi connectivity index (χ3n) is 5.73. The van der Waals surface area contributed by atoms with E-state index in [0.29, 0.717) is 25.3 Å². The molecule has 1 amide bonds. The number of nitrogens with zero attached hydrogens (tertiary/aromatic N) is 2. The summed E-state index contributed by atoms with van der Waals surface area (Å²) in [7, 11) is 1.60. The molecule has 0 spiro atoms. The Labute approximate surface area is 179 Å². The van der Waals surface area contributed by atoms with E-state index in [0.717, 1.165) is 38.4 Å². The number of carbonyl (C=O) groups excluding carboxylic acids is 1. The number of piperazine rings is 1. The molecule has 2 N–H and O–H groups in total. The van der Waals surface area contributed by atoms with Crippen molar-refractivity contribution in [3.05, 3.63) is 59.7 Å². The predicted molar refractivity (Wildman–Crippen MR) is 117 cm³/mol. The summed E-state index contributed by atoms with van der Waals surface area (Å²) < 4.78 is 5.44. The molecule has 30 heavy (non-hydrogen) atoms. The predicted octanol–water partition coefficient (Wildman–Crippen LogP) is 0.234. The van der Waals surface area contributed by atoms with Crippen molar-refractivity contribution in [1.29, 1.82) is 5.26 Å². The number of hydrogen-bond acceptors (Lipinski definition) is 3. The van der Waals surface area contributed by atoms with Crippen molar-refractivity contribution in [1.82, 2.24) is 0 Å².